The summed E-state index contributed by atoms with van der Waals surface area (Å²) < 4.78 is 0. The largest absolute Gasteiger partial charge is 0.339 e. The molecule has 0 aliphatic rings. The van der Waals surface area contributed by atoms with E-state index >= 15 is 0 Å². The van der Waals surface area contributed by atoms with E-state index < -0.39 is 6.04 Å². The molecule has 0 radical (unpaired) electrons. The maximum Gasteiger partial charge on any atom is 0.262 e. The van der Waals surface area contributed by atoms with Crippen LogP contribution in [0.4, 0.5) is 5.13 Å². The zero-order valence-corrected chi connectivity index (χ0v) is 17.7. The summed E-state index contributed by atoms with van der Waals surface area (Å²) in [6.07, 6.45) is 0.396. The molecule has 0 saturated carbocycles. The molecule has 4 rings (SSSR count). The van der Waals surface area contributed by atoms with Crippen molar-refractivity contribution >= 4 is 51.0 Å². The molecule has 0 spiro atoms. The molecule has 4 aromatic rings. The van der Waals surface area contributed by atoms with Crippen LogP contribution >= 0.6 is 34.0 Å². The van der Waals surface area contributed by atoms with Crippen LogP contribution in [0, 0.1) is 0 Å². The molecule has 3 aromatic heterocycles. The number of aromatic nitrogens is 1. The van der Waals surface area contributed by atoms with Gasteiger partial charge < -0.3 is 10.6 Å². The molecule has 1 aromatic carbocycles. The number of hydrogen-bond donors (Lipinski definition) is 2. The topological polar surface area (TPSA) is 71.1 Å². The first kappa shape index (κ1) is 19.5. The molecule has 1 unspecified atom stereocenters. The number of rotatable bonds is 7. The molecule has 5 nitrogen and oxygen atoms in total. The van der Waals surface area contributed by atoms with Gasteiger partial charge in [0, 0.05) is 11.8 Å². The lowest BCUT2D eigenvalue weighted by Crippen LogP contribution is -2.45. The Balaban J connectivity index is 1.50. The summed E-state index contributed by atoms with van der Waals surface area (Å²) in [5.74, 6) is -0.541. The second kappa shape index (κ2) is 9.13. The van der Waals surface area contributed by atoms with Gasteiger partial charge in [0.25, 0.3) is 5.91 Å². The van der Waals surface area contributed by atoms with Crippen LogP contribution < -0.4 is 10.6 Å². The minimum Gasteiger partial charge on any atom is -0.339 e. The summed E-state index contributed by atoms with van der Waals surface area (Å²) in [5, 5.41) is 12.0. The lowest BCUT2D eigenvalue weighted by Gasteiger charge is -2.17. The first-order valence-corrected chi connectivity index (χ1v) is 11.5. The summed E-state index contributed by atoms with van der Waals surface area (Å²) in [6, 6.07) is 16.4. The molecule has 0 fully saturated rings. The molecule has 0 bridgehead atoms. The molecule has 3 heterocycles. The second-order valence-electron chi connectivity index (χ2n) is 6.20. The number of amides is 2. The first-order chi connectivity index (χ1) is 14.2. The number of nitrogens with zero attached hydrogens (tertiary/aromatic N) is 1. The van der Waals surface area contributed by atoms with E-state index in [1.54, 1.807) is 17.4 Å². The molecular formula is C21H17N3O2S3. The van der Waals surface area contributed by atoms with Crippen molar-refractivity contribution in [3.05, 3.63) is 81.2 Å². The number of benzene rings is 1. The molecule has 1 atom stereocenters. The Bertz CT molecular complexity index is 1070. The van der Waals surface area contributed by atoms with E-state index in [2.05, 4.69) is 15.6 Å². The van der Waals surface area contributed by atoms with E-state index in [-0.39, 0.29) is 11.8 Å². The van der Waals surface area contributed by atoms with E-state index in [0.717, 1.165) is 16.1 Å². The van der Waals surface area contributed by atoms with Gasteiger partial charge in [-0.15, -0.1) is 34.0 Å². The SMILES string of the molecule is O=C(NC(Cc1ccccc1)C(=O)Nc1nc(-c2cccs2)cs1)c1cccs1. The van der Waals surface area contributed by atoms with Crippen molar-refractivity contribution in [3.63, 3.8) is 0 Å². The van der Waals surface area contributed by atoms with Gasteiger partial charge in [0.05, 0.1) is 15.4 Å². The van der Waals surface area contributed by atoms with E-state index in [0.29, 0.717) is 16.4 Å². The van der Waals surface area contributed by atoms with E-state index in [1.165, 1.54) is 22.7 Å². The smallest absolute Gasteiger partial charge is 0.262 e. The highest BCUT2D eigenvalue weighted by Gasteiger charge is 2.23. The Morgan fingerprint density at radius 3 is 2.45 bits per heavy atom. The Hall–Kier alpha value is -2.81. The predicted molar refractivity (Wildman–Crippen MR) is 120 cm³/mol. The van der Waals surface area contributed by atoms with Gasteiger partial charge in [-0.3, -0.25) is 9.59 Å². The summed E-state index contributed by atoms with van der Waals surface area (Å²) in [4.78, 5) is 31.6. The van der Waals surface area contributed by atoms with Crippen LogP contribution in [0.5, 0.6) is 0 Å². The third-order valence-electron chi connectivity index (χ3n) is 4.16. The molecule has 0 saturated heterocycles. The van der Waals surface area contributed by atoms with Gasteiger partial charge in [-0.2, -0.15) is 0 Å². The fourth-order valence-electron chi connectivity index (χ4n) is 2.76. The Morgan fingerprint density at radius 2 is 1.72 bits per heavy atom. The lowest BCUT2D eigenvalue weighted by molar-refractivity contribution is -0.118. The van der Waals surface area contributed by atoms with Crippen LogP contribution in [0.1, 0.15) is 15.2 Å². The Morgan fingerprint density at radius 1 is 0.931 bits per heavy atom. The number of thiazole rings is 1. The van der Waals surface area contributed by atoms with Crippen LogP contribution in [0.3, 0.4) is 0 Å². The molecule has 8 heteroatoms. The minimum atomic E-state index is -0.707. The maximum absolute atomic E-state index is 13.0. The number of nitrogens with one attached hydrogen (secondary N) is 2. The van der Waals surface area contributed by atoms with Crippen molar-refractivity contribution in [2.75, 3.05) is 5.32 Å². The number of anilines is 1. The van der Waals surface area contributed by atoms with Crippen molar-refractivity contribution in [2.24, 2.45) is 0 Å². The van der Waals surface area contributed by atoms with Crippen LogP contribution in [0.15, 0.2) is 70.7 Å². The average Bonchev–Trinajstić information content (AvgIpc) is 3.49. The maximum atomic E-state index is 13.0. The fourth-order valence-corrected chi connectivity index (χ4v) is 4.86. The molecule has 2 amide bonds. The third-order valence-corrected chi connectivity index (χ3v) is 6.68. The van der Waals surface area contributed by atoms with E-state index in [4.69, 9.17) is 0 Å². The van der Waals surface area contributed by atoms with Gasteiger partial charge >= 0.3 is 0 Å². The number of carbonyl (C=O) groups excluding carboxylic acids is 2. The van der Waals surface area contributed by atoms with Gasteiger partial charge in [0.15, 0.2) is 5.13 Å². The first-order valence-electron chi connectivity index (χ1n) is 8.87. The summed E-state index contributed by atoms with van der Waals surface area (Å²) >= 11 is 4.31. The molecule has 146 valence electrons. The third kappa shape index (κ3) is 4.97. The highest BCUT2D eigenvalue weighted by molar-refractivity contribution is 7.16. The summed E-state index contributed by atoms with van der Waals surface area (Å²) in [7, 11) is 0. The van der Waals surface area contributed by atoms with Gasteiger partial charge in [-0.25, -0.2) is 4.98 Å². The quantitative estimate of drug-likeness (QED) is 0.430. The molecule has 0 aliphatic heterocycles. The number of carbonyl (C=O) groups is 2. The minimum absolute atomic E-state index is 0.255. The van der Waals surface area contributed by atoms with E-state index in [1.807, 2.05) is 64.7 Å². The van der Waals surface area contributed by atoms with Gasteiger partial charge in [0.2, 0.25) is 5.91 Å². The van der Waals surface area contributed by atoms with Gasteiger partial charge in [-0.1, -0.05) is 42.5 Å². The lowest BCUT2D eigenvalue weighted by atomic mass is 10.1. The zero-order chi connectivity index (χ0) is 20.1. The molecular weight excluding hydrogens is 422 g/mol. The van der Waals surface area contributed by atoms with Crippen LogP contribution in [-0.2, 0) is 11.2 Å². The van der Waals surface area contributed by atoms with Crippen molar-refractivity contribution in [2.45, 2.75) is 12.5 Å². The molecule has 29 heavy (non-hydrogen) atoms. The normalized spacial score (nSPS) is 11.7. The standard InChI is InChI=1S/C21H17N3O2S3/c25-19(24-21-23-16(13-29-21)17-8-4-10-27-17)15(12-14-6-2-1-3-7-14)22-20(26)18-9-5-11-28-18/h1-11,13,15H,12H2,(H,22,26)(H,23,24,25). The van der Waals surface area contributed by atoms with Crippen molar-refractivity contribution in [1.82, 2.24) is 10.3 Å². The van der Waals surface area contributed by atoms with Crippen LogP contribution in [0.2, 0.25) is 0 Å². The highest BCUT2D eigenvalue weighted by atomic mass is 32.1. The number of thiophene rings is 2. The molecule has 2 N–H and O–H groups in total. The van der Waals surface area contributed by atoms with Crippen LogP contribution in [0.25, 0.3) is 10.6 Å². The predicted octanol–water partition coefficient (Wildman–Crippen LogP) is 4.91. The Labute approximate surface area is 180 Å². The fraction of sp³-hybridized carbons (Fsp3) is 0.0952. The number of hydrogen-bond acceptors (Lipinski definition) is 6. The second-order valence-corrected chi connectivity index (χ2v) is 8.95. The van der Waals surface area contributed by atoms with Crippen molar-refractivity contribution in [1.29, 1.82) is 0 Å². The van der Waals surface area contributed by atoms with Gasteiger partial charge in [0.1, 0.15) is 6.04 Å². The van der Waals surface area contributed by atoms with Crippen LogP contribution in [-0.4, -0.2) is 22.8 Å². The highest BCUT2D eigenvalue weighted by Crippen LogP contribution is 2.28. The summed E-state index contributed by atoms with van der Waals surface area (Å²) in [5.41, 5.74) is 1.81. The zero-order valence-electron chi connectivity index (χ0n) is 15.2. The van der Waals surface area contributed by atoms with E-state index in [9.17, 15) is 9.59 Å². The van der Waals surface area contributed by atoms with Gasteiger partial charge in [-0.05, 0) is 28.5 Å². The average molecular weight is 440 g/mol. The monoisotopic (exact) mass is 439 g/mol. The Kier molecular flexibility index (Phi) is 6.14. The van der Waals surface area contributed by atoms with Crippen molar-refractivity contribution < 1.29 is 9.59 Å². The van der Waals surface area contributed by atoms with Crippen molar-refractivity contribution in [3.8, 4) is 10.6 Å². The summed E-state index contributed by atoms with van der Waals surface area (Å²) in [6.45, 7) is 0. The molecule has 0 aliphatic carbocycles.